The molecule has 0 saturated carbocycles. The largest absolute Gasteiger partial charge is 0.348 e. The summed E-state index contributed by atoms with van der Waals surface area (Å²) in [5, 5.41) is 2.87. The average molecular weight is 343 g/mol. The minimum absolute atomic E-state index is 0.0465. The molecule has 4 nitrogen and oxygen atoms in total. The summed E-state index contributed by atoms with van der Waals surface area (Å²) in [5.74, 6) is 0.0270. The zero-order chi connectivity index (χ0) is 17.0. The highest BCUT2D eigenvalue weighted by molar-refractivity contribution is 7.91. The van der Waals surface area contributed by atoms with Gasteiger partial charge in [-0.3, -0.25) is 4.79 Å². The van der Waals surface area contributed by atoms with Gasteiger partial charge in [-0.2, -0.15) is 0 Å². The van der Waals surface area contributed by atoms with Crippen LogP contribution in [0.1, 0.15) is 27.9 Å². The number of carbonyl (C=O) groups excluding carboxylic acids is 1. The van der Waals surface area contributed by atoms with Crippen molar-refractivity contribution in [3.63, 3.8) is 0 Å². The van der Waals surface area contributed by atoms with Crippen molar-refractivity contribution in [3.8, 4) is 0 Å². The molecule has 2 aromatic carbocycles. The highest BCUT2D eigenvalue weighted by atomic mass is 32.2. The van der Waals surface area contributed by atoms with E-state index < -0.39 is 9.84 Å². The quantitative estimate of drug-likeness (QED) is 0.907. The fraction of sp³-hybridized carbons (Fsp3) is 0.316. The molecule has 1 saturated heterocycles. The summed E-state index contributed by atoms with van der Waals surface area (Å²) in [6.45, 7) is 0. The molecule has 1 amide bonds. The Balaban J connectivity index is 1.68. The molecule has 0 bridgehead atoms. The molecule has 126 valence electrons. The molecule has 1 aliphatic rings. The first kappa shape index (κ1) is 16.7. The third-order valence-electron chi connectivity index (χ3n) is 4.36. The molecule has 0 spiro atoms. The SMILES string of the molecule is O=C(NC1CCS(=O)(=O)C1)c1ccccc1CCc1ccccc1. The van der Waals surface area contributed by atoms with Crippen LogP contribution in [-0.4, -0.2) is 31.9 Å². The van der Waals surface area contributed by atoms with Crippen molar-refractivity contribution < 1.29 is 13.2 Å². The molecule has 0 radical (unpaired) electrons. The minimum Gasteiger partial charge on any atom is -0.348 e. The average Bonchev–Trinajstić information content (AvgIpc) is 2.92. The Morgan fingerprint density at radius 2 is 1.71 bits per heavy atom. The molecule has 1 heterocycles. The molecule has 5 heteroatoms. The number of nitrogens with one attached hydrogen (secondary N) is 1. The van der Waals surface area contributed by atoms with E-state index >= 15 is 0 Å². The van der Waals surface area contributed by atoms with E-state index in [0.29, 0.717) is 12.0 Å². The molecule has 0 aliphatic carbocycles. The Bertz CT molecular complexity index is 816. The number of aryl methyl sites for hydroxylation is 2. The number of benzene rings is 2. The number of hydrogen-bond acceptors (Lipinski definition) is 3. The maximum atomic E-state index is 12.5. The van der Waals surface area contributed by atoms with E-state index in [1.165, 1.54) is 5.56 Å². The predicted molar refractivity (Wildman–Crippen MR) is 94.8 cm³/mol. The zero-order valence-corrected chi connectivity index (χ0v) is 14.3. The van der Waals surface area contributed by atoms with Crippen LogP contribution in [-0.2, 0) is 22.7 Å². The number of rotatable bonds is 5. The summed E-state index contributed by atoms with van der Waals surface area (Å²) >= 11 is 0. The van der Waals surface area contributed by atoms with Crippen LogP contribution >= 0.6 is 0 Å². The van der Waals surface area contributed by atoms with Crippen molar-refractivity contribution >= 4 is 15.7 Å². The van der Waals surface area contributed by atoms with E-state index in [1.54, 1.807) is 6.07 Å². The first-order chi connectivity index (χ1) is 11.5. The van der Waals surface area contributed by atoms with Crippen LogP contribution in [0.25, 0.3) is 0 Å². The monoisotopic (exact) mass is 343 g/mol. The molecule has 2 aromatic rings. The van der Waals surface area contributed by atoms with Gasteiger partial charge in [0.15, 0.2) is 9.84 Å². The van der Waals surface area contributed by atoms with Gasteiger partial charge in [-0.15, -0.1) is 0 Å². The second kappa shape index (κ2) is 7.18. The Labute approximate surface area is 142 Å². The van der Waals surface area contributed by atoms with Gasteiger partial charge in [0.05, 0.1) is 11.5 Å². The molecular weight excluding hydrogens is 322 g/mol. The van der Waals surface area contributed by atoms with Crippen LogP contribution in [0.2, 0.25) is 0 Å². The van der Waals surface area contributed by atoms with Crippen LogP contribution in [0, 0.1) is 0 Å². The van der Waals surface area contributed by atoms with Gasteiger partial charge < -0.3 is 5.32 Å². The lowest BCUT2D eigenvalue weighted by atomic mass is 9.99. The van der Waals surface area contributed by atoms with Gasteiger partial charge >= 0.3 is 0 Å². The van der Waals surface area contributed by atoms with Crippen LogP contribution < -0.4 is 5.32 Å². The smallest absolute Gasteiger partial charge is 0.251 e. The molecule has 1 aliphatic heterocycles. The molecule has 0 aromatic heterocycles. The number of hydrogen-bond donors (Lipinski definition) is 1. The van der Waals surface area contributed by atoms with Gasteiger partial charge in [0.1, 0.15) is 0 Å². The summed E-state index contributed by atoms with van der Waals surface area (Å²) in [6, 6.07) is 17.4. The number of amides is 1. The van der Waals surface area contributed by atoms with Crippen molar-refractivity contribution in [2.75, 3.05) is 11.5 Å². The van der Waals surface area contributed by atoms with Crippen LogP contribution in [0.4, 0.5) is 0 Å². The van der Waals surface area contributed by atoms with Gasteiger partial charge in [-0.25, -0.2) is 8.42 Å². The van der Waals surface area contributed by atoms with Crippen molar-refractivity contribution in [1.29, 1.82) is 0 Å². The highest BCUT2D eigenvalue weighted by Gasteiger charge is 2.29. The summed E-state index contributed by atoms with van der Waals surface area (Å²) in [7, 11) is -2.99. The minimum atomic E-state index is -2.99. The lowest BCUT2D eigenvalue weighted by Crippen LogP contribution is -2.36. The first-order valence-corrected chi connectivity index (χ1v) is 9.99. The second-order valence-electron chi connectivity index (χ2n) is 6.22. The summed E-state index contributed by atoms with van der Waals surface area (Å²) in [6.07, 6.45) is 2.14. The first-order valence-electron chi connectivity index (χ1n) is 8.17. The third-order valence-corrected chi connectivity index (χ3v) is 6.12. The number of carbonyl (C=O) groups is 1. The lowest BCUT2D eigenvalue weighted by molar-refractivity contribution is 0.0940. The van der Waals surface area contributed by atoms with Crippen molar-refractivity contribution in [1.82, 2.24) is 5.32 Å². The number of sulfone groups is 1. The fourth-order valence-electron chi connectivity index (χ4n) is 3.06. The summed E-state index contributed by atoms with van der Waals surface area (Å²) in [5.41, 5.74) is 2.85. The van der Waals surface area contributed by atoms with Gasteiger partial charge in [-0.05, 0) is 36.5 Å². The Morgan fingerprint density at radius 3 is 2.42 bits per heavy atom. The summed E-state index contributed by atoms with van der Waals surface area (Å²) in [4.78, 5) is 12.5. The van der Waals surface area contributed by atoms with E-state index in [-0.39, 0.29) is 23.5 Å². The van der Waals surface area contributed by atoms with Crippen LogP contribution in [0.5, 0.6) is 0 Å². The van der Waals surface area contributed by atoms with E-state index in [1.807, 2.05) is 36.4 Å². The fourth-order valence-corrected chi connectivity index (χ4v) is 4.73. The predicted octanol–water partition coefficient (Wildman–Crippen LogP) is 2.39. The van der Waals surface area contributed by atoms with Gasteiger partial charge in [0, 0.05) is 11.6 Å². The molecule has 1 fully saturated rings. The molecule has 3 rings (SSSR count). The zero-order valence-electron chi connectivity index (χ0n) is 13.4. The third kappa shape index (κ3) is 4.23. The molecular formula is C19H21NO3S. The highest BCUT2D eigenvalue weighted by Crippen LogP contribution is 2.16. The Morgan fingerprint density at radius 1 is 1.00 bits per heavy atom. The molecule has 1 atom stereocenters. The molecule has 1 unspecified atom stereocenters. The van der Waals surface area contributed by atoms with Crippen molar-refractivity contribution in [2.45, 2.75) is 25.3 Å². The summed E-state index contributed by atoms with van der Waals surface area (Å²) < 4.78 is 23.1. The second-order valence-corrected chi connectivity index (χ2v) is 8.44. The maximum absolute atomic E-state index is 12.5. The molecule has 24 heavy (non-hydrogen) atoms. The van der Waals surface area contributed by atoms with Crippen LogP contribution in [0.15, 0.2) is 54.6 Å². The Hall–Kier alpha value is -2.14. The van der Waals surface area contributed by atoms with Crippen molar-refractivity contribution in [2.24, 2.45) is 0 Å². The van der Waals surface area contributed by atoms with Gasteiger partial charge in [0.25, 0.3) is 5.91 Å². The standard InChI is InChI=1S/C19H21NO3S/c21-19(20-17-12-13-24(22,23)14-17)18-9-5-4-8-16(18)11-10-15-6-2-1-3-7-15/h1-9,17H,10-14H2,(H,20,21). The topological polar surface area (TPSA) is 63.2 Å². The normalized spacial score (nSPS) is 19.1. The van der Waals surface area contributed by atoms with Gasteiger partial charge in [0.2, 0.25) is 0 Å². The van der Waals surface area contributed by atoms with E-state index in [4.69, 9.17) is 0 Å². The lowest BCUT2D eigenvalue weighted by Gasteiger charge is -2.14. The van der Waals surface area contributed by atoms with Crippen LogP contribution in [0.3, 0.4) is 0 Å². The van der Waals surface area contributed by atoms with E-state index in [0.717, 1.165) is 18.4 Å². The maximum Gasteiger partial charge on any atom is 0.251 e. The van der Waals surface area contributed by atoms with Crippen molar-refractivity contribution in [3.05, 3.63) is 71.3 Å². The van der Waals surface area contributed by atoms with E-state index in [2.05, 4.69) is 17.4 Å². The van der Waals surface area contributed by atoms with Gasteiger partial charge in [-0.1, -0.05) is 48.5 Å². The molecule has 1 N–H and O–H groups in total. The van der Waals surface area contributed by atoms with E-state index in [9.17, 15) is 13.2 Å². The Kier molecular flexibility index (Phi) is 5.00.